The molecule has 1 fully saturated rings. The lowest BCUT2D eigenvalue weighted by Crippen LogP contribution is -2.40. The predicted octanol–water partition coefficient (Wildman–Crippen LogP) is 2.94. The summed E-state index contributed by atoms with van der Waals surface area (Å²) in [6, 6.07) is 5.93. The van der Waals surface area contributed by atoms with Crippen molar-refractivity contribution in [3.63, 3.8) is 0 Å². The Morgan fingerprint density at radius 1 is 1.19 bits per heavy atom. The van der Waals surface area contributed by atoms with Crippen LogP contribution in [0.3, 0.4) is 0 Å². The van der Waals surface area contributed by atoms with Gasteiger partial charge in [-0.2, -0.15) is 0 Å². The Labute approximate surface area is 126 Å². The zero-order valence-electron chi connectivity index (χ0n) is 13.1. The summed E-state index contributed by atoms with van der Waals surface area (Å²) in [5.74, 6) is -0.302. The van der Waals surface area contributed by atoms with Gasteiger partial charge in [0.1, 0.15) is 5.41 Å². The summed E-state index contributed by atoms with van der Waals surface area (Å²) in [7, 11) is 0. The van der Waals surface area contributed by atoms with Crippen LogP contribution in [0.25, 0.3) is 0 Å². The summed E-state index contributed by atoms with van der Waals surface area (Å²) in [4.78, 5) is 24.7. The number of amides is 2. The van der Waals surface area contributed by atoms with Gasteiger partial charge in [0, 0.05) is 12.2 Å². The SMILES string of the molecule is CCCCNC(=O)C1(C(=O)Nc2cc(C)ccc2C)CC1. The molecule has 1 aliphatic rings. The standard InChI is InChI=1S/C17H24N2O2/c1-4-5-10-18-15(20)17(8-9-17)16(21)19-14-11-12(2)6-7-13(14)3/h6-7,11H,4-5,8-10H2,1-3H3,(H,18,20)(H,19,21). The van der Waals surface area contributed by atoms with Crippen LogP contribution in [0, 0.1) is 19.3 Å². The van der Waals surface area contributed by atoms with Gasteiger partial charge in [-0.1, -0.05) is 25.5 Å². The van der Waals surface area contributed by atoms with E-state index in [1.54, 1.807) is 0 Å². The van der Waals surface area contributed by atoms with E-state index in [-0.39, 0.29) is 11.8 Å². The van der Waals surface area contributed by atoms with Gasteiger partial charge in [0.15, 0.2) is 0 Å². The summed E-state index contributed by atoms with van der Waals surface area (Å²) >= 11 is 0. The third-order valence-electron chi connectivity index (χ3n) is 4.08. The number of unbranched alkanes of at least 4 members (excludes halogenated alkanes) is 1. The van der Waals surface area contributed by atoms with Gasteiger partial charge in [0.25, 0.3) is 0 Å². The molecule has 0 spiro atoms. The molecule has 1 aromatic rings. The van der Waals surface area contributed by atoms with Gasteiger partial charge in [-0.25, -0.2) is 0 Å². The van der Waals surface area contributed by atoms with Crippen molar-refractivity contribution in [2.75, 3.05) is 11.9 Å². The van der Waals surface area contributed by atoms with Crippen LogP contribution >= 0.6 is 0 Å². The van der Waals surface area contributed by atoms with Gasteiger partial charge in [-0.05, 0) is 50.3 Å². The van der Waals surface area contributed by atoms with Crippen LogP contribution < -0.4 is 10.6 Å². The zero-order chi connectivity index (χ0) is 15.5. The van der Waals surface area contributed by atoms with Crippen LogP contribution in [0.4, 0.5) is 5.69 Å². The number of aryl methyl sites for hydroxylation is 2. The molecule has 0 heterocycles. The molecule has 21 heavy (non-hydrogen) atoms. The molecular weight excluding hydrogens is 264 g/mol. The quantitative estimate of drug-likeness (QED) is 0.624. The highest BCUT2D eigenvalue weighted by Gasteiger charge is 2.56. The highest BCUT2D eigenvalue weighted by molar-refractivity contribution is 6.13. The van der Waals surface area contributed by atoms with Crippen molar-refractivity contribution < 1.29 is 9.59 Å². The lowest BCUT2D eigenvalue weighted by molar-refractivity contribution is -0.134. The molecule has 2 N–H and O–H groups in total. The van der Waals surface area contributed by atoms with E-state index in [1.807, 2.05) is 32.0 Å². The van der Waals surface area contributed by atoms with E-state index in [0.717, 1.165) is 29.7 Å². The van der Waals surface area contributed by atoms with E-state index in [2.05, 4.69) is 17.6 Å². The number of rotatable bonds is 6. The molecule has 1 aliphatic carbocycles. The summed E-state index contributed by atoms with van der Waals surface area (Å²) in [5, 5.41) is 5.80. The largest absolute Gasteiger partial charge is 0.355 e. The second kappa shape index (κ2) is 6.29. The number of benzene rings is 1. The van der Waals surface area contributed by atoms with Crippen LogP contribution in [0.2, 0.25) is 0 Å². The van der Waals surface area contributed by atoms with Crippen LogP contribution in [0.15, 0.2) is 18.2 Å². The Kier molecular flexibility index (Phi) is 4.66. The van der Waals surface area contributed by atoms with Crippen molar-refractivity contribution in [3.05, 3.63) is 29.3 Å². The predicted molar refractivity (Wildman–Crippen MR) is 84.1 cm³/mol. The second-order valence-corrected chi connectivity index (χ2v) is 5.96. The molecule has 4 heteroatoms. The molecular formula is C17H24N2O2. The molecule has 0 aromatic heterocycles. The highest BCUT2D eigenvalue weighted by atomic mass is 16.2. The second-order valence-electron chi connectivity index (χ2n) is 5.96. The Morgan fingerprint density at radius 3 is 2.52 bits per heavy atom. The molecule has 0 unspecified atom stereocenters. The van der Waals surface area contributed by atoms with Crippen LogP contribution in [-0.2, 0) is 9.59 Å². The normalized spacial score (nSPS) is 15.4. The van der Waals surface area contributed by atoms with Crippen LogP contribution in [0.1, 0.15) is 43.7 Å². The first-order valence-corrected chi connectivity index (χ1v) is 7.66. The number of carbonyl (C=O) groups excluding carboxylic acids is 2. The number of hydrogen-bond acceptors (Lipinski definition) is 2. The maximum absolute atomic E-state index is 12.5. The van der Waals surface area contributed by atoms with E-state index in [9.17, 15) is 9.59 Å². The van der Waals surface area contributed by atoms with Crippen molar-refractivity contribution in [2.24, 2.45) is 5.41 Å². The molecule has 4 nitrogen and oxygen atoms in total. The summed E-state index contributed by atoms with van der Waals surface area (Å²) in [6.45, 7) is 6.66. The molecule has 0 atom stereocenters. The summed E-state index contributed by atoms with van der Waals surface area (Å²) < 4.78 is 0. The molecule has 1 saturated carbocycles. The minimum atomic E-state index is -0.843. The molecule has 0 aliphatic heterocycles. The Hall–Kier alpha value is -1.84. The monoisotopic (exact) mass is 288 g/mol. The van der Waals surface area contributed by atoms with Gasteiger partial charge in [-0.15, -0.1) is 0 Å². The third kappa shape index (κ3) is 3.43. The van der Waals surface area contributed by atoms with E-state index < -0.39 is 5.41 Å². The highest BCUT2D eigenvalue weighted by Crippen LogP contribution is 2.47. The lowest BCUT2D eigenvalue weighted by Gasteiger charge is -2.16. The van der Waals surface area contributed by atoms with Gasteiger partial charge in [-0.3, -0.25) is 9.59 Å². The molecule has 1 aromatic carbocycles. The zero-order valence-corrected chi connectivity index (χ0v) is 13.1. The van der Waals surface area contributed by atoms with Gasteiger partial charge >= 0.3 is 0 Å². The summed E-state index contributed by atoms with van der Waals surface area (Å²) in [5.41, 5.74) is 2.06. The van der Waals surface area contributed by atoms with Gasteiger partial charge < -0.3 is 10.6 Å². The van der Waals surface area contributed by atoms with Crippen LogP contribution in [0.5, 0.6) is 0 Å². The van der Waals surface area contributed by atoms with Crippen LogP contribution in [-0.4, -0.2) is 18.4 Å². The molecule has 114 valence electrons. The fraction of sp³-hybridized carbons (Fsp3) is 0.529. The minimum Gasteiger partial charge on any atom is -0.355 e. The van der Waals surface area contributed by atoms with Crippen molar-refractivity contribution in [1.82, 2.24) is 5.32 Å². The van der Waals surface area contributed by atoms with E-state index >= 15 is 0 Å². The first-order chi connectivity index (χ1) is 9.99. The van der Waals surface area contributed by atoms with Crippen molar-refractivity contribution in [3.8, 4) is 0 Å². The van der Waals surface area contributed by atoms with Crippen molar-refractivity contribution >= 4 is 17.5 Å². The number of hydrogen-bond donors (Lipinski definition) is 2. The Bertz CT molecular complexity index is 548. The minimum absolute atomic E-state index is 0.126. The average Bonchev–Trinajstić information content (AvgIpc) is 3.24. The maximum Gasteiger partial charge on any atom is 0.240 e. The molecule has 0 radical (unpaired) electrons. The molecule has 0 bridgehead atoms. The smallest absolute Gasteiger partial charge is 0.240 e. The topological polar surface area (TPSA) is 58.2 Å². The fourth-order valence-corrected chi connectivity index (χ4v) is 2.34. The third-order valence-corrected chi connectivity index (χ3v) is 4.08. The average molecular weight is 288 g/mol. The molecule has 0 saturated heterocycles. The molecule has 2 rings (SSSR count). The van der Waals surface area contributed by atoms with E-state index in [0.29, 0.717) is 19.4 Å². The van der Waals surface area contributed by atoms with E-state index in [4.69, 9.17) is 0 Å². The van der Waals surface area contributed by atoms with Gasteiger partial charge in [0.05, 0.1) is 0 Å². The number of carbonyl (C=O) groups is 2. The van der Waals surface area contributed by atoms with Crippen molar-refractivity contribution in [1.29, 1.82) is 0 Å². The van der Waals surface area contributed by atoms with E-state index in [1.165, 1.54) is 0 Å². The fourth-order valence-electron chi connectivity index (χ4n) is 2.34. The van der Waals surface area contributed by atoms with Crippen molar-refractivity contribution in [2.45, 2.75) is 46.5 Å². The first-order valence-electron chi connectivity index (χ1n) is 7.66. The number of anilines is 1. The maximum atomic E-state index is 12.5. The lowest BCUT2D eigenvalue weighted by atomic mass is 10.0. The molecule has 2 amide bonds. The first kappa shape index (κ1) is 15.5. The summed E-state index contributed by atoms with van der Waals surface area (Å²) in [6.07, 6.45) is 3.26. The Morgan fingerprint density at radius 2 is 1.90 bits per heavy atom. The van der Waals surface area contributed by atoms with Gasteiger partial charge in [0.2, 0.25) is 11.8 Å². The Balaban J connectivity index is 2.02. The number of nitrogens with one attached hydrogen (secondary N) is 2.